The highest BCUT2D eigenvalue weighted by Crippen LogP contribution is 2.26. The van der Waals surface area contributed by atoms with Gasteiger partial charge in [-0.1, -0.05) is 12.7 Å². The Balaban J connectivity index is 0.000000197. The molecule has 3 aromatic rings. The largest absolute Gasteiger partial charge is 0.306 e. The summed E-state index contributed by atoms with van der Waals surface area (Å²) >= 11 is 0. The predicted octanol–water partition coefficient (Wildman–Crippen LogP) is 4.72. The van der Waals surface area contributed by atoms with Crippen LogP contribution in [-0.2, 0) is 0 Å². The highest BCUT2D eigenvalue weighted by Gasteiger charge is 2.32. The molecule has 4 heterocycles. The summed E-state index contributed by atoms with van der Waals surface area (Å²) < 4.78 is 26.7. The Kier molecular flexibility index (Phi) is 5.65. The van der Waals surface area contributed by atoms with Crippen LogP contribution in [-0.4, -0.2) is 45.5 Å². The number of nitrogens with zero attached hydrogens (tertiary/aromatic N) is 4. The minimum Gasteiger partial charge on any atom is -0.306 e. The molecule has 0 saturated carbocycles. The number of alkyl halides is 2. The fourth-order valence-corrected chi connectivity index (χ4v) is 2.91. The van der Waals surface area contributed by atoms with Gasteiger partial charge in [0.15, 0.2) is 0 Å². The molecule has 0 spiro atoms. The van der Waals surface area contributed by atoms with E-state index in [-0.39, 0.29) is 12.8 Å². The first-order valence-corrected chi connectivity index (χ1v) is 8.97. The van der Waals surface area contributed by atoms with Crippen molar-refractivity contribution in [3.8, 4) is 5.69 Å². The third kappa shape index (κ3) is 4.77. The van der Waals surface area contributed by atoms with Crippen LogP contribution in [0.15, 0.2) is 49.4 Å². The second-order valence-electron chi connectivity index (χ2n) is 6.89. The standard InChI is InChI=1S/C15H13N3.C6H11F2N/c1-3-12-8-13-6-7-18(15(13)17-9-12)14-5-4-11(2)16-10-14;1-9-4-2-6(7,8)3-5-9/h3-10H,1H2,2H3;2-5H2,1H3. The zero-order valence-electron chi connectivity index (χ0n) is 15.7. The van der Waals surface area contributed by atoms with Crippen molar-refractivity contribution in [3.63, 3.8) is 0 Å². The van der Waals surface area contributed by atoms with E-state index >= 15 is 0 Å². The van der Waals surface area contributed by atoms with Gasteiger partial charge < -0.3 is 4.90 Å². The van der Waals surface area contributed by atoms with Crippen molar-refractivity contribution >= 4 is 17.1 Å². The minimum atomic E-state index is -2.38. The van der Waals surface area contributed by atoms with E-state index in [9.17, 15) is 8.78 Å². The molecule has 0 atom stereocenters. The Morgan fingerprint density at radius 2 is 1.85 bits per heavy atom. The van der Waals surface area contributed by atoms with Crippen LogP contribution in [0, 0.1) is 6.92 Å². The zero-order valence-corrected chi connectivity index (χ0v) is 15.7. The number of hydrogen-bond donors (Lipinski definition) is 0. The summed E-state index contributed by atoms with van der Waals surface area (Å²) in [6, 6.07) is 8.17. The maximum absolute atomic E-state index is 12.4. The van der Waals surface area contributed by atoms with Crippen molar-refractivity contribution in [2.75, 3.05) is 20.1 Å². The number of pyridine rings is 2. The molecule has 4 rings (SSSR count). The number of halogens is 2. The first kappa shape index (κ1) is 19.2. The molecule has 0 aliphatic carbocycles. The summed E-state index contributed by atoms with van der Waals surface area (Å²) in [5.74, 6) is -2.38. The third-order valence-corrected chi connectivity index (χ3v) is 4.68. The number of piperidine rings is 1. The third-order valence-electron chi connectivity index (χ3n) is 4.68. The molecule has 6 heteroatoms. The normalized spacial score (nSPS) is 16.6. The van der Waals surface area contributed by atoms with Gasteiger partial charge in [0.1, 0.15) is 5.65 Å². The topological polar surface area (TPSA) is 34.0 Å². The maximum atomic E-state index is 12.4. The average Bonchev–Trinajstić information content (AvgIpc) is 3.08. The van der Waals surface area contributed by atoms with Crippen LogP contribution >= 0.6 is 0 Å². The molecule has 1 fully saturated rings. The van der Waals surface area contributed by atoms with Crippen molar-refractivity contribution < 1.29 is 8.78 Å². The van der Waals surface area contributed by atoms with Gasteiger partial charge in [-0.25, -0.2) is 13.8 Å². The second-order valence-corrected chi connectivity index (χ2v) is 6.89. The second kappa shape index (κ2) is 7.96. The Morgan fingerprint density at radius 1 is 1.11 bits per heavy atom. The zero-order chi connectivity index (χ0) is 19.4. The van der Waals surface area contributed by atoms with Gasteiger partial charge in [0, 0.05) is 49.4 Å². The van der Waals surface area contributed by atoms with Crippen LogP contribution in [0.5, 0.6) is 0 Å². The van der Waals surface area contributed by atoms with E-state index in [1.54, 1.807) is 6.08 Å². The monoisotopic (exact) mass is 370 g/mol. The summed E-state index contributed by atoms with van der Waals surface area (Å²) in [4.78, 5) is 10.7. The van der Waals surface area contributed by atoms with Crippen molar-refractivity contribution in [1.29, 1.82) is 0 Å². The van der Waals surface area contributed by atoms with E-state index in [0.29, 0.717) is 13.1 Å². The Hall–Kier alpha value is -2.60. The summed E-state index contributed by atoms with van der Waals surface area (Å²) in [7, 11) is 1.87. The molecule has 1 aliphatic rings. The summed E-state index contributed by atoms with van der Waals surface area (Å²) in [6.45, 7) is 6.80. The van der Waals surface area contributed by atoms with Crippen LogP contribution in [0.25, 0.3) is 22.8 Å². The molecule has 0 N–H and O–H groups in total. The lowest BCUT2D eigenvalue weighted by Gasteiger charge is -2.28. The number of hydrogen-bond acceptors (Lipinski definition) is 3. The van der Waals surface area contributed by atoms with Crippen LogP contribution in [0.2, 0.25) is 0 Å². The molecule has 0 amide bonds. The lowest BCUT2D eigenvalue weighted by molar-refractivity contribution is -0.0504. The molecule has 0 bridgehead atoms. The van der Waals surface area contributed by atoms with E-state index in [0.717, 1.165) is 28.0 Å². The van der Waals surface area contributed by atoms with Gasteiger partial charge in [0.25, 0.3) is 5.92 Å². The number of likely N-dealkylation sites (tertiary alicyclic amines) is 1. The van der Waals surface area contributed by atoms with Crippen molar-refractivity contribution in [2.45, 2.75) is 25.7 Å². The maximum Gasteiger partial charge on any atom is 0.250 e. The predicted molar refractivity (Wildman–Crippen MR) is 105 cm³/mol. The van der Waals surface area contributed by atoms with Crippen LogP contribution in [0.4, 0.5) is 8.78 Å². The van der Waals surface area contributed by atoms with Gasteiger partial charge in [0.2, 0.25) is 0 Å². The first-order chi connectivity index (χ1) is 12.9. The molecule has 27 heavy (non-hydrogen) atoms. The molecule has 1 saturated heterocycles. The molecule has 3 aromatic heterocycles. The van der Waals surface area contributed by atoms with E-state index in [1.807, 2.05) is 54.2 Å². The fourth-order valence-electron chi connectivity index (χ4n) is 2.91. The number of aryl methyl sites for hydroxylation is 1. The van der Waals surface area contributed by atoms with Gasteiger partial charge >= 0.3 is 0 Å². The van der Waals surface area contributed by atoms with Gasteiger partial charge in [-0.05, 0) is 43.8 Å². The highest BCUT2D eigenvalue weighted by molar-refractivity contribution is 5.80. The average molecular weight is 370 g/mol. The van der Waals surface area contributed by atoms with Gasteiger partial charge in [-0.3, -0.25) is 9.55 Å². The SMILES string of the molecule is C=Cc1cnc2c(ccn2-c2ccc(C)nc2)c1.CN1CCC(F)(F)CC1. The molecule has 0 aromatic carbocycles. The summed E-state index contributed by atoms with van der Waals surface area (Å²) in [5, 5.41) is 1.10. The summed E-state index contributed by atoms with van der Waals surface area (Å²) in [6.07, 6.45) is 7.56. The molecule has 1 aliphatic heterocycles. The number of aromatic nitrogens is 3. The smallest absolute Gasteiger partial charge is 0.250 e. The van der Waals surface area contributed by atoms with Crippen molar-refractivity contribution in [3.05, 3.63) is 60.7 Å². The van der Waals surface area contributed by atoms with Gasteiger partial charge in [0.05, 0.1) is 11.9 Å². The number of rotatable bonds is 2. The van der Waals surface area contributed by atoms with Gasteiger partial charge in [-0.2, -0.15) is 0 Å². The molecular weight excluding hydrogens is 346 g/mol. The fraction of sp³-hybridized carbons (Fsp3) is 0.333. The van der Waals surface area contributed by atoms with Crippen LogP contribution in [0.3, 0.4) is 0 Å². The molecule has 142 valence electrons. The first-order valence-electron chi connectivity index (χ1n) is 8.97. The molecular formula is C21H24F2N4. The van der Waals surface area contributed by atoms with Crippen molar-refractivity contribution in [1.82, 2.24) is 19.4 Å². The van der Waals surface area contributed by atoms with E-state index in [2.05, 4.69) is 28.7 Å². The Morgan fingerprint density at radius 3 is 2.44 bits per heavy atom. The molecule has 0 radical (unpaired) electrons. The number of fused-ring (bicyclic) bond motifs is 1. The molecule has 4 nitrogen and oxygen atoms in total. The lowest BCUT2D eigenvalue weighted by atomic mass is 10.1. The quantitative estimate of drug-likeness (QED) is 0.655. The molecule has 0 unspecified atom stereocenters. The summed E-state index contributed by atoms with van der Waals surface area (Å²) in [5.41, 5.74) is 4.00. The Labute approximate surface area is 158 Å². The van der Waals surface area contributed by atoms with Crippen molar-refractivity contribution in [2.24, 2.45) is 0 Å². The highest BCUT2D eigenvalue weighted by atomic mass is 19.3. The van der Waals surface area contributed by atoms with E-state index in [4.69, 9.17) is 0 Å². The van der Waals surface area contributed by atoms with Gasteiger partial charge in [-0.15, -0.1) is 0 Å². The minimum absolute atomic E-state index is 0.0312. The van der Waals surface area contributed by atoms with Crippen LogP contribution in [0.1, 0.15) is 24.1 Å². The van der Waals surface area contributed by atoms with E-state index < -0.39 is 5.92 Å². The van der Waals surface area contributed by atoms with Crippen LogP contribution < -0.4 is 0 Å². The van der Waals surface area contributed by atoms with E-state index in [1.165, 1.54) is 0 Å². The Bertz CT molecular complexity index is 906. The lowest BCUT2D eigenvalue weighted by Crippen LogP contribution is -2.36.